The van der Waals surface area contributed by atoms with E-state index in [1.807, 2.05) is 17.0 Å². The lowest BCUT2D eigenvalue weighted by atomic mass is 10.2. The summed E-state index contributed by atoms with van der Waals surface area (Å²) in [5.41, 5.74) is 0.654. The number of hydrogen-bond acceptors (Lipinski definition) is 4. The Morgan fingerprint density at radius 2 is 2.22 bits per heavy atom. The molecule has 1 aromatic rings. The van der Waals surface area contributed by atoms with E-state index in [9.17, 15) is 4.79 Å². The Balaban J connectivity index is 1.94. The lowest BCUT2D eigenvalue weighted by Crippen LogP contribution is -2.27. The number of likely N-dealkylation sites (tertiary alicyclic amines) is 1. The summed E-state index contributed by atoms with van der Waals surface area (Å²) in [7, 11) is 0. The van der Waals surface area contributed by atoms with E-state index >= 15 is 0 Å². The van der Waals surface area contributed by atoms with Crippen molar-refractivity contribution in [1.29, 1.82) is 5.26 Å². The quantitative estimate of drug-likeness (QED) is 0.616. The van der Waals surface area contributed by atoms with Crippen LogP contribution < -0.4 is 0 Å². The molecule has 0 N–H and O–H groups in total. The standard InChI is InChI=1S/C13H15N3OS/c14-6-3-9-18-12-5-4-11(10-15-12)13(17)16-7-1-2-8-16/h4-5,10H,1-3,7-9H2. The zero-order valence-corrected chi connectivity index (χ0v) is 10.9. The van der Waals surface area contributed by atoms with Crippen LogP contribution in [0.25, 0.3) is 0 Å². The first kappa shape index (κ1) is 12.9. The monoisotopic (exact) mass is 261 g/mol. The van der Waals surface area contributed by atoms with Gasteiger partial charge in [0.2, 0.25) is 0 Å². The number of hydrogen-bond donors (Lipinski definition) is 0. The van der Waals surface area contributed by atoms with Crippen LogP contribution in [0, 0.1) is 11.3 Å². The van der Waals surface area contributed by atoms with E-state index in [0.717, 1.165) is 36.7 Å². The van der Waals surface area contributed by atoms with Gasteiger partial charge >= 0.3 is 0 Å². The van der Waals surface area contributed by atoms with Crippen LogP contribution in [0.2, 0.25) is 0 Å². The highest BCUT2D eigenvalue weighted by Gasteiger charge is 2.19. The van der Waals surface area contributed by atoms with Crippen molar-refractivity contribution in [3.8, 4) is 6.07 Å². The summed E-state index contributed by atoms with van der Waals surface area (Å²) in [4.78, 5) is 18.2. The van der Waals surface area contributed by atoms with Crippen molar-refractivity contribution in [3.05, 3.63) is 23.9 Å². The number of amides is 1. The van der Waals surface area contributed by atoms with Gasteiger partial charge in [0.25, 0.3) is 5.91 Å². The fourth-order valence-electron chi connectivity index (χ4n) is 1.90. The van der Waals surface area contributed by atoms with E-state index in [-0.39, 0.29) is 5.91 Å². The van der Waals surface area contributed by atoms with Crippen LogP contribution in [-0.2, 0) is 0 Å². The molecule has 0 unspecified atom stereocenters. The molecule has 0 bridgehead atoms. The minimum Gasteiger partial charge on any atom is -0.339 e. The van der Waals surface area contributed by atoms with Crippen LogP contribution >= 0.6 is 11.8 Å². The molecule has 1 fully saturated rings. The molecule has 0 saturated carbocycles. The predicted octanol–water partition coefficient (Wildman–Crippen LogP) is 2.32. The third-order valence-electron chi connectivity index (χ3n) is 2.84. The number of carbonyl (C=O) groups excluding carboxylic acids is 1. The van der Waals surface area contributed by atoms with Crippen LogP contribution in [0.15, 0.2) is 23.4 Å². The summed E-state index contributed by atoms with van der Waals surface area (Å²) >= 11 is 1.54. The van der Waals surface area contributed by atoms with Gasteiger partial charge in [-0.05, 0) is 25.0 Å². The molecule has 2 rings (SSSR count). The molecule has 1 saturated heterocycles. The van der Waals surface area contributed by atoms with E-state index < -0.39 is 0 Å². The van der Waals surface area contributed by atoms with Gasteiger partial charge in [-0.3, -0.25) is 4.79 Å². The molecular formula is C13H15N3OS. The first-order valence-corrected chi connectivity index (χ1v) is 7.05. The molecule has 4 nitrogen and oxygen atoms in total. The summed E-state index contributed by atoms with van der Waals surface area (Å²) in [6.45, 7) is 1.72. The van der Waals surface area contributed by atoms with Crippen molar-refractivity contribution < 1.29 is 4.79 Å². The van der Waals surface area contributed by atoms with Gasteiger partial charge in [-0.2, -0.15) is 5.26 Å². The van der Waals surface area contributed by atoms with Crippen molar-refractivity contribution in [3.63, 3.8) is 0 Å². The first-order chi connectivity index (χ1) is 8.81. The van der Waals surface area contributed by atoms with E-state index in [1.165, 1.54) is 11.8 Å². The maximum atomic E-state index is 12.1. The zero-order valence-electron chi connectivity index (χ0n) is 10.1. The summed E-state index contributed by atoms with van der Waals surface area (Å²) in [5, 5.41) is 9.31. The third-order valence-corrected chi connectivity index (χ3v) is 3.79. The summed E-state index contributed by atoms with van der Waals surface area (Å²) in [5.74, 6) is 0.816. The van der Waals surface area contributed by atoms with Gasteiger partial charge in [0.05, 0.1) is 16.7 Å². The average Bonchev–Trinajstić information content (AvgIpc) is 2.93. The largest absolute Gasteiger partial charge is 0.339 e. The molecule has 1 amide bonds. The molecule has 1 aliphatic heterocycles. The van der Waals surface area contributed by atoms with Gasteiger partial charge in [-0.25, -0.2) is 4.98 Å². The Labute approximate surface area is 111 Å². The van der Waals surface area contributed by atoms with Crippen LogP contribution in [0.5, 0.6) is 0 Å². The van der Waals surface area contributed by atoms with Gasteiger partial charge in [0, 0.05) is 31.5 Å². The number of carbonyl (C=O) groups is 1. The highest BCUT2D eigenvalue weighted by atomic mass is 32.2. The molecule has 94 valence electrons. The van der Waals surface area contributed by atoms with Crippen molar-refractivity contribution >= 4 is 17.7 Å². The fraction of sp³-hybridized carbons (Fsp3) is 0.462. The highest BCUT2D eigenvalue weighted by molar-refractivity contribution is 7.99. The molecule has 0 radical (unpaired) electrons. The smallest absolute Gasteiger partial charge is 0.255 e. The molecule has 0 aliphatic carbocycles. The van der Waals surface area contributed by atoms with Gasteiger partial charge in [0.15, 0.2) is 0 Å². The van der Waals surface area contributed by atoms with E-state index in [4.69, 9.17) is 5.26 Å². The van der Waals surface area contributed by atoms with Crippen LogP contribution in [0.3, 0.4) is 0 Å². The maximum absolute atomic E-state index is 12.1. The van der Waals surface area contributed by atoms with Crippen molar-refractivity contribution in [2.75, 3.05) is 18.8 Å². The molecule has 0 spiro atoms. The fourth-order valence-corrected chi connectivity index (χ4v) is 2.59. The second kappa shape index (κ2) is 6.41. The van der Waals surface area contributed by atoms with Gasteiger partial charge in [0.1, 0.15) is 0 Å². The second-order valence-corrected chi connectivity index (χ2v) is 5.26. The van der Waals surface area contributed by atoms with E-state index in [1.54, 1.807) is 6.20 Å². The summed E-state index contributed by atoms with van der Waals surface area (Å²) in [6, 6.07) is 5.77. The molecule has 0 atom stereocenters. The Bertz CT molecular complexity index is 446. The molecule has 18 heavy (non-hydrogen) atoms. The number of thioether (sulfide) groups is 1. The van der Waals surface area contributed by atoms with Crippen LogP contribution in [-0.4, -0.2) is 34.6 Å². The Morgan fingerprint density at radius 3 is 2.83 bits per heavy atom. The number of pyridine rings is 1. The normalized spacial score (nSPS) is 14.5. The summed E-state index contributed by atoms with van der Waals surface area (Å²) in [6.07, 6.45) is 4.35. The SMILES string of the molecule is N#CCCSc1ccc(C(=O)N2CCCC2)cn1. The lowest BCUT2D eigenvalue weighted by molar-refractivity contribution is 0.0792. The third kappa shape index (κ3) is 3.23. The van der Waals surface area contributed by atoms with E-state index in [2.05, 4.69) is 11.1 Å². The minimum atomic E-state index is 0.0774. The van der Waals surface area contributed by atoms with Crippen molar-refractivity contribution in [2.24, 2.45) is 0 Å². The zero-order chi connectivity index (χ0) is 12.8. The van der Waals surface area contributed by atoms with Gasteiger partial charge in [-0.15, -0.1) is 11.8 Å². The maximum Gasteiger partial charge on any atom is 0.255 e. The second-order valence-electron chi connectivity index (χ2n) is 4.14. The minimum absolute atomic E-state index is 0.0774. The number of nitrogens with zero attached hydrogens (tertiary/aromatic N) is 3. The summed E-state index contributed by atoms with van der Waals surface area (Å²) < 4.78 is 0. The highest BCUT2D eigenvalue weighted by Crippen LogP contribution is 2.17. The number of aromatic nitrogens is 1. The lowest BCUT2D eigenvalue weighted by Gasteiger charge is -2.14. The van der Waals surface area contributed by atoms with Gasteiger partial charge in [-0.1, -0.05) is 0 Å². The predicted molar refractivity (Wildman–Crippen MR) is 70.3 cm³/mol. The Kier molecular flexibility index (Phi) is 4.59. The van der Waals surface area contributed by atoms with Crippen LogP contribution in [0.1, 0.15) is 29.6 Å². The van der Waals surface area contributed by atoms with Gasteiger partial charge < -0.3 is 4.90 Å². The molecule has 2 heterocycles. The molecule has 5 heteroatoms. The molecular weight excluding hydrogens is 246 g/mol. The number of rotatable bonds is 4. The van der Waals surface area contributed by atoms with Crippen LogP contribution in [0.4, 0.5) is 0 Å². The van der Waals surface area contributed by atoms with E-state index in [0.29, 0.717) is 12.0 Å². The molecule has 1 aromatic heterocycles. The van der Waals surface area contributed by atoms with Crippen molar-refractivity contribution in [1.82, 2.24) is 9.88 Å². The van der Waals surface area contributed by atoms with Crippen molar-refractivity contribution in [2.45, 2.75) is 24.3 Å². The molecule has 0 aromatic carbocycles. The topological polar surface area (TPSA) is 57.0 Å². The first-order valence-electron chi connectivity index (χ1n) is 6.06. The number of nitriles is 1. The Morgan fingerprint density at radius 1 is 1.44 bits per heavy atom. The average molecular weight is 261 g/mol. The molecule has 1 aliphatic rings. The Hall–Kier alpha value is -1.54.